The molecule has 0 saturated carbocycles. The van der Waals surface area contributed by atoms with Crippen LogP contribution in [0.4, 0.5) is 0 Å². The number of rotatable bonds is 9. The zero-order valence-electron chi connectivity index (χ0n) is 14.7. The normalized spacial score (nSPS) is 13.9. The quantitative estimate of drug-likeness (QED) is 0.613. The molecule has 25 heavy (non-hydrogen) atoms. The number of nitrogens with one attached hydrogen (secondary N) is 1. The molecule has 140 valence electrons. The van der Waals surface area contributed by atoms with E-state index in [-0.39, 0.29) is 11.3 Å². The van der Waals surface area contributed by atoms with Gasteiger partial charge in [0.15, 0.2) is 6.10 Å². The minimum atomic E-state index is -3.92. The van der Waals surface area contributed by atoms with Crippen molar-refractivity contribution in [3.63, 3.8) is 0 Å². The number of hydrogen-bond acceptors (Lipinski definition) is 6. The molecule has 0 fully saturated rings. The van der Waals surface area contributed by atoms with Crippen LogP contribution in [0.15, 0.2) is 23.1 Å². The van der Waals surface area contributed by atoms with Crippen LogP contribution in [0.5, 0.6) is 0 Å². The molecule has 2 atom stereocenters. The lowest BCUT2D eigenvalue weighted by Gasteiger charge is -2.20. The third-order valence-corrected chi connectivity index (χ3v) is 5.78. The molecule has 9 heteroatoms. The van der Waals surface area contributed by atoms with Gasteiger partial charge >= 0.3 is 5.97 Å². The highest BCUT2D eigenvalue weighted by Gasteiger charge is 2.29. The van der Waals surface area contributed by atoms with Gasteiger partial charge in [-0.2, -0.15) is 16.5 Å². The summed E-state index contributed by atoms with van der Waals surface area (Å²) in [7, 11) is -3.92. The van der Waals surface area contributed by atoms with Crippen LogP contribution in [0.1, 0.15) is 24.5 Å². The zero-order chi connectivity index (χ0) is 19.2. The summed E-state index contributed by atoms with van der Waals surface area (Å²) >= 11 is 1.47. The molecule has 1 aromatic rings. The Bertz CT molecular complexity index is 734. The van der Waals surface area contributed by atoms with Crippen molar-refractivity contribution in [2.75, 3.05) is 12.0 Å². The van der Waals surface area contributed by atoms with Crippen LogP contribution in [0.2, 0.25) is 0 Å². The minimum Gasteiger partial charge on any atom is -0.451 e. The fourth-order valence-electron chi connectivity index (χ4n) is 2.02. The van der Waals surface area contributed by atoms with Crippen molar-refractivity contribution < 1.29 is 22.7 Å². The lowest BCUT2D eigenvalue weighted by atomic mass is 10.2. The average molecular weight is 389 g/mol. The number of carbonyl (C=O) groups is 2. The summed E-state index contributed by atoms with van der Waals surface area (Å²) < 4.78 is 32.7. The average Bonchev–Trinajstić information content (AvgIpc) is 2.53. The van der Waals surface area contributed by atoms with Crippen LogP contribution in [0.3, 0.4) is 0 Å². The molecule has 0 aliphatic heterocycles. The second-order valence-electron chi connectivity index (χ2n) is 5.71. The number of sulfonamides is 1. The number of ether oxygens (including phenoxy) is 1. The van der Waals surface area contributed by atoms with Crippen molar-refractivity contribution in [3.05, 3.63) is 29.3 Å². The number of aryl methyl sites for hydroxylation is 2. The SMILES string of the molecule is CSCC[C@H](NS(=O)(=O)c1cc(C)ccc1C)C(=O)O[C@@H](C)C(N)=O. The highest BCUT2D eigenvalue weighted by atomic mass is 32.2. The number of carbonyl (C=O) groups excluding carboxylic acids is 2. The number of amides is 1. The third kappa shape index (κ3) is 6.33. The molecular weight excluding hydrogens is 364 g/mol. The maximum absolute atomic E-state index is 12.7. The highest BCUT2D eigenvalue weighted by Crippen LogP contribution is 2.18. The monoisotopic (exact) mass is 388 g/mol. The van der Waals surface area contributed by atoms with E-state index in [2.05, 4.69) is 4.72 Å². The number of esters is 1. The van der Waals surface area contributed by atoms with Crippen molar-refractivity contribution >= 4 is 33.7 Å². The van der Waals surface area contributed by atoms with Crippen molar-refractivity contribution in [2.45, 2.75) is 44.2 Å². The molecule has 1 rings (SSSR count). The summed E-state index contributed by atoms with van der Waals surface area (Å²) in [6.45, 7) is 4.80. The van der Waals surface area contributed by atoms with E-state index >= 15 is 0 Å². The Morgan fingerprint density at radius 2 is 1.96 bits per heavy atom. The smallest absolute Gasteiger partial charge is 0.324 e. The van der Waals surface area contributed by atoms with Crippen molar-refractivity contribution in [2.24, 2.45) is 5.73 Å². The summed E-state index contributed by atoms with van der Waals surface area (Å²) in [6.07, 6.45) is 0.943. The molecule has 0 spiro atoms. The first-order valence-corrected chi connectivity index (χ1v) is 10.5. The van der Waals surface area contributed by atoms with Gasteiger partial charge in [-0.05, 0) is 56.4 Å². The lowest BCUT2D eigenvalue weighted by Crippen LogP contribution is -2.44. The second-order valence-corrected chi connectivity index (χ2v) is 8.37. The molecule has 0 aromatic heterocycles. The molecule has 0 bridgehead atoms. The topological polar surface area (TPSA) is 116 Å². The molecule has 0 heterocycles. The van der Waals surface area contributed by atoms with Gasteiger partial charge in [-0.15, -0.1) is 0 Å². The van der Waals surface area contributed by atoms with E-state index in [4.69, 9.17) is 10.5 Å². The first-order valence-electron chi connectivity index (χ1n) is 7.66. The van der Waals surface area contributed by atoms with Crippen molar-refractivity contribution in [1.82, 2.24) is 4.72 Å². The summed E-state index contributed by atoms with van der Waals surface area (Å²) in [4.78, 5) is 23.4. The van der Waals surface area contributed by atoms with E-state index in [1.807, 2.05) is 12.3 Å². The lowest BCUT2D eigenvalue weighted by molar-refractivity contribution is -0.155. The Balaban J connectivity index is 3.05. The molecule has 1 amide bonds. The standard InChI is InChI=1S/C16H24N2O5S2/c1-10-5-6-11(2)14(9-10)25(21,22)18-13(7-8-24-4)16(20)23-12(3)15(17)19/h5-6,9,12-13,18H,7-8H2,1-4H3,(H2,17,19)/t12-,13-/m0/s1. The number of nitrogens with two attached hydrogens (primary N) is 1. The van der Waals surface area contributed by atoms with Gasteiger partial charge in [0.1, 0.15) is 6.04 Å². The first-order chi connectivity index (χ1) is 11.6. The molecule has 0 saturated heterocycles. The maximum Gasteiger partial charge on any atom is 0.324 e. The van der Waals surface area contributed by atoms with Crippen molar-refractivity contribution in [1.29, 1.82) is 0 Å². The largest absolute Gasteiger partial charge is 0.451 e. The number of primary amides is 1. The van der Waals surface area contributed by atoms with E-state index in [1.54, 1.807) is 26.0 Å². The van der Waals surface area contributed by atoms with Crippen molar-refractivity contribution in [3.8, 4) is 0 Å². The molecule has 0 aliphatic carbocycles. The zero-order valence-corrected chi connectivity index (χ0v) is 16.4. The molecule has 0 unspecified atom stereocenters. The van der Waals surface area contributed by atoms with Gasteiger partial charge in [0.2, 0.25) is 10.0 Å². The molecule has 1 aromatic carbocycles. The van der Waals surface area contributed by atoms with E-state index in [1.165, 1.54) is 18.7 Å². The van der Waals surface area contributed by atoms with Gasteiger partial charge < -0.3 is 10.5 Å². The van der Waals surface area contributed by atoms with Crippen LogP contribution < -0.4 is 10.5 Å². The predicted molar refractivity (Wildman–Crippen MR) is 97.8 cm³/mol. The Morgan fingerprint density at radius 1 is 1.32 bits per heavy atom. The predicted octanol–water partition coefficient (Wildman–Crippen LogP) is 1.12. The highest BCUT2D eigenvalue weighted by molar-refractivity contribution is 7.98. The Kier molecular flexibility index (Phi) is 7.91. The number of benzene rings is 1. The number of thioether (sulfide) groups is 1. The van der Waals surface area contributed by atoms with Crippen LogP contribution in [-0.2, 0) is 24.3 Å². The van der Waals surface area contributed by atoms with Gasteiger partial charge in [0, 0.05) is 0 Å². The first kappa shape index (κ1) is 21.5. The second kappa shape index (κ2) is 9.21. The van der Waals surface area contributed by atoms with E-state index in [9.17, 15) is 18.0 Å². The van der Waals surface area contributed by atoms with Gasteiger partial charge in [-0.3, -0.25) is 9.59 Å². The van der Waals surface area contributed by atoms with Crippen LogP contribution in [0, 0.1) is 13.8 Å². The van der Waals surface area contributed by atoms with E-state index in [0.717, 1.165) is 5.56 Å². The third-order valence-electron chi connectivity index (χ3n) is 3.52. The van der Waals surface area contributed by atoms with Gasteiger partial charge in [0.25, 0.3) is 5.91 Å². The minimum absolute atomic E-state index is 0.109. The van der Waals surface area contributed by atoms with E-state index < -0.39 is 34.0 Å². The Hall–Kier alpha value is -1.58. The van der Waals surface area contributed by atoms with Gasteiger partial charge in [-0.25, -0.2) is 8.42 Å². The fourth-order valence-corrected chi connectivity index (χ4v) is 4.04. The molecule has 0 aliphatic rings. The summed E-state index contributed by atoms with van der Waals surface area (Å²) in [6, 6.07) is 3.95. The summed E-state index contributed by atoms with van der Waals surface area (Å²) in [5.41, 5.74) is 6.44. The molecule has 7 nitrogen and oxygen atoms in total. The summed E-state index contributed by atoms with van der Waals surface area (Å²) in [5.74, 6) is -1.08. The molecule has 3 N–H and O–H groups in total. The van der Waals surface area contributed by atoms with Gasteiger partial charge in [-0.1, -0.05) is 12.1 Å². The number of hydrogen-bond donors (Lipinski definition) is 2. The van der Waals surface area contributed by atoms with Gasteiger partial charge in [0.05, 0.1) is 4.90 Å². The summed E-state index contributed by atoms with van der Waals surface area (Å²) in [5, 5.41) is 0. The van der Waals surface area contributed by atoms with E-state index in [0.29, 0.717) is 11.3 Å². The molecule has 0 radical (unpaired) electrons. The molecular formula is C16H24N2O5S2. The Labute approximate surface area is 152 Å². The fraction of sp³-hybridized carbons (Fsp3) is 0.500. The van der Waals surface area contributed by atoms with Crippen LogP contribution >= 0.6 is 11.8 Å². The Morgan fingerprint density at radius 3 is 2.52 bits per heavy atom. The van der Waals surface area contributed by atoms with Crippen LogP contribution in [-0.4, -0.2) is 44.4 Å². The maximum atomic E-state index is 12.7. The van der Waals surface area contributed by atoms with Crippen LogP contribution in [0.25, 0.3) is 0 Å².